The maximum atomic E-state index is 13.8. The van der Waals surface area contributed by atoms with Crippen molar-refractivity contribution in [3.63, 3.8) is 0 Å². The van der Waals surface area contributed by atoms with Crippen molar-refractivity contribution < 1.29 is 17.9 Å². The van der Waals surface area contributed by atoms with Crippen molar-refractivity contribution in [2.75, 3.05) is 26.2 Å². The molecule has 2 heterocycles. The van der Waals surface area contributed by atoms with E-state index in [0.29, 0.717) is 29.1 Å². The van der Waals surface area contributed by atoms with Gasteiger partial charge >= 0.3 is 0 Å². The van der Waals surface area contributed by atoms with E-state index in [0.717, 1.165) is 40.8 Å². The number of nitrogens with two attached hydrogens (primary N) is 1. The standard InChI is InChI=1S/C26H34N4O4S/c1-16-17(2)23(18(3)21-10-11-26(4,5)34-22(16)21)35(32,33)30-14-12-29(13-15-30)25(31)20-8-6-19(7-9-20)24(27)28/h6-9H,10-15H2,1-5H3,(H3,27,28). The first-order valence-corrected chi connectivity index (χ1v) is 13.3. The van der Waals surface area contributed by atoms with Gasteiger partial charge in [0.25, 0.3) is 5.91 Å². The molecule has 1 saturated heterocycles. The molecular formula is C26H34N4O4S. The summed E-state index contributed by atoms with van der Waals surface area (Å²) in [7, 11) is -3.73. The number of carbonyl (C=O) groups excluding carboxylic acids is 1. The van der Waals surface area contributed by atoms with Gasteiger partial charge < -0.3 is 15.4 Å². The quantitative estimate of drug-likeness (QED) is 0.496. The van der Waals surface area contributed by atoms with Crippen LogP contribution in [-0.4, -0.2) is 61.1 Å². The molecule has 0 aliphatic carbocycles. The van der Waals surface area contributed by atoms with Crippen molar-refractivity contribution in [2.24, 2.45) is 5.73 Å². The van der Waals surface area contributed by atoms with Crippen molar-refractivity contribution in [3.05, 3.63) is 57.6 Å². The van der Waals surface area contributed by atoms with Crippen molar-refractivity contribution in [1.29, 1.82) is 5.41 Å². The Kier molecular flexibility index (Phi) is 6.44. The number of carbonyl (C=O) groups is 1. The minimum atomic E-state index is -3.73. The molecular weight excluding hydrogens is 464 g/mol. The van der Waals surface area contributed by atoms with E-state index in [9.17, 15) is 13.2 Å². The Morgan fingerprint density at radius 1 is 0.971 bits per heavy atom. The monoisotopic (exact) mass is 498 g/mol. The topological polar surface area (TPSA) is 117 Å². The Morgan fingerprint density at radius 3 is 2.11 bits per heavy atom. The van der Waals surface area contributed by atoms with Crippen LogP contribution in [0.1, 0.15) is 58.4 Å². The van der Waals surface area contributed by atoms with Crippen LogP contribution in [0.15, 0.2) is 29.2 Å². The number of sulfonamides is 1. The predicted molar refractivity (Wildman–Crippen MR) is 136 cm³/mol. The first-order valence-electron chi connectivity index (χ1n) is 11.9. The Hall–Kier alpha value is -2.91. The lowest BCUT2D eigenvalue weighted by atomic mass is 9.88. The van der Waals surface area contributed by atoms with Crippen LogP contribution >= 0.6 is 0 Å². The Balaban J connectivity index is 1.55. The number of benzene rings is 2. The SMILES string of the molecule is Cc1c(C)c(S(=O)(=O)N2CCN(C(=O)c3ccc(C(=N)N)cc3)CC2)c(C)c2c1OC(C)(C)CC2. The highest BCUT2D eigenvalue weighted by molar-refractivity contribution is 7.89. The molecule has 0 bridgehead atoms. The number of fused-ring (bicyclic) bond motifs is 1. The van der Waals surface area contributed by atoms with Gasteiger partial charge in [0.1, 0.15) is 17.2 Å². The molecule has 0 atom stereocenters. The van der Waals surface area contributed by atoms with Crippen LogP contribution in [-0.2, 0) is 16.4 Å². The van der Waals surface area contributed by atoms with Gasteiger partial charge in [-0.1, -0.05) is 12.1 Å². The Morgan fingerprint density at radius 2 is 1.54 bits per heavy atom. The van der Waals surface area contributed by atoms with Crippen molar-refractivity contribution in [3.8, 4) is 5.75 Å². The molecule has 1 fully saturated rings. The average Bonchev–Trinajstić information content (AvgIpc) is 2.81. The number of ether oxygens (including phenoxy) is 1. The van der Waals surface area contributed by atoms with Crippen LogP contribution in [0.4, 0.5) is 0 Å². The second kappa shape index (κ2) is 8.95. The molecule has 2 aliphatic rings. The second-order valence-electron chi connectivity index (χ2n) is 10.1. The van der Waals surface area contributed by atoms with Gasteiger partial charge in [-0.3, -0.25) is 10.2 Å². The maximum absolute atomic E-state index is 13.8. The van der Waals surface area contributed by atoms with Crippen molar-refractivity contribution in [1.82, 2.24) is 9.21 Å². The first kappa shape index (κ1) is 25.2. The molecule has 188 valence electrons. The van der Waals surface area contributed by atoms with E-state index in [1.165, 1.54) is 4.31 Å². The van der Waals surface area contributed by atoms with E-state index in [2.05, 4.69) is 13.8 Å². The molecule has 0 unspecified atom stereocenters. The zero-order valence-electron chi connectivity index (χ0n) is 21.1. The van der Waals surface area contributed by atoms with Gasteiger partial charge in [0, 0.05) is 37.3 Å². The lowest BCUT2D eigenvalue weighted by Crippen LogP contribution is -2.50. The molecule has 2 aliphatic heterocycles. The number of rotatable bonds is 4. The number of amides is 1. The highest BCUT2D eigenvalue weighted by Crippen LogP contribution is 2.42. The number of amidine groups is 1. The summed E-state index contributed by atoms with van der Waals surface area (Å²) < 4.78 is 35.3. The van der Waals surface area contributed by atoms with Crippen LogP contribution in [0, 0.1) is 26.2 Å². The third kappa shape index (κ3) is 4.54. The maximum Gasteiger partial charge on any atom is 0.253 e. The summed E-state index contributed by atoms with van der Waals surface area (Å²) in [6.07, 6.45) is 1.61. The van der Waals surface area contributed by atoms with E-state index in [-0.39, 0.29) is 30.4 Å². The van der Waals surface area contributed by atoms with Crippen LogP contribution in [0.2, 0.25) is 0 Å². The van der Waals surface area contributed by atoms with Crippen LogP contribution in [0.5, 0.6) is 5.75 Å². The average molecular weight is 499 g/mol. The zero-order valence-corrected chi connectivity index (χ0v) is 21.9. The third-order valence-electron chi connectivity index (χ3n) is 7.23. The summed E-state index contributed by atoms with van der Waals surface area (Å²) in [6, 6.07) is 6.58. The van der Waals surface area contributed by atoms with Gasteiger partial charge in [0.15, 0.2) is 0 Å². The highest BCUT2D eigenvalue weighted by atomic mass is 32.2. The number of hydrogen-bond donors (Lipinski definition) is 2. The van der Waals surface area contributed by atoms with E-state index in [4.69, 9.17) is 15.9 Å². The molecule has 9 heteroatoms. The molecule has 0 spiro atoms. The van der Waals surface area contributed by atoms with Gasteiger partial charge in [-0.15, -0.1) is 0 Å². The molecule has 3 N–H and O–H groups in total. The number of nitrogens with zero attached hydrogens (tertiary/aromatic N) is 2. The molecule has 2 aromatic carbocycles. The largest absolute Gasteiger partial charge is 0.487 e. The molecule has 1 amide bonds. The number of nitrogens with one attached hydrogen (secondary N) is 1. The van der Waals surface area contributed by atoms with E-state index in [1.54, 1.807) is 29.2 Å². The summed E-state index contributed by atoms with van der Waals surface area (Å²) >= 11 is 0. The summed E-state index contributed by atoms with van der Waals surface area (Å²) in [6.45, 7) is 10.9. The van der Waals surface area contributed by atoms with Crippen molar-refractivity contribution >= 4 is 21.8 Å². The summed E-state index contributed by atoms with van der Waals surface area (Å²) in [5.41, 5.74) is 9.61. The molecule has 2 aromatic rings. The second-order valence-corrected chi connectivity index (χ2v) is 11.9. The Bertz CT molecular complexity index is 1290. The van der Waals surface area contributed by atoms with Crippen LogP contribution in [0.25, 0.3) is 0 Å². The molecule has 0 radical (unpaired) electrons. The van der Waals surface area contributed by atoms with E-state index < -0.39 is 10.0 Å². The molecule has 8 nitrogen and oxygen atoms in total. The summed E-state index contributed by atoms with van der Waals surface area (Å²) in [5.74, 6) is 0.608. The van der Waals surface area contributed by atoms with E-state index in [1.807, 2.05) is 20.8 Å². The minimum Gasteiger partial charge on any atom is -0.487 e. The normalized spacial score (nSPS) is 18.0. The zero-order chi connectivity index (χ0) is 25.7. The Labute approximate surface area is 207 Å². The third-order valence-corrected chi connectivity index (χ3v) is 9.41. The minimum absolute atomic E-state index is 0.0545. The molecule has 4 rings (SSSR count). The van der Waals surface area contributed by atoms with Gasteiger partial charge in [-0.05, 0) is 81.8 Å². The highest BCUT2D eigenvalue weighted by Gasteiger charge is 2.37. The summed E-state index contributed by atoms with van der Waals surface area (Å²) in [5, 5.41) is 7.49. The fourth-order valence-electron chi connectivity index (χ4n) is 4.97. The number of hydrogen-bond acceptors (Lipinski definition) is 5. The summed E-state index contributed by atoms with van der Waals surface area (Å²) in [4.78, 5) is 15.0. The molecule has 35 heavy (non-hydrogen) atoms. The van der Waals surface area contributed by atoms with Crippen molar-refractivity contribution in [2.45, 2.75) is 58.0 Å². The van der Waals surface area contributed by atoms with Crippen LogP contribution < -0.4 is 10.5 Å². The molecule has 0 saturated carbocycles. The van der Waals surface area contributed by atoms with Gasteiger partial charge in [-0.25, -0.2) is 8.42 Å². The van der Waals surface area contributed by atoms with Gasteiger partial charge in [0.2, 0.25) is 10.0 Å². The predicted octanol–water partition coefficient (Wildman–Crippen LogP) is 3.15. The van der Waals surface area contributed by atoms with E-state index >= 15 is 0 Å². The lowest BCUT2D eigenvalue weighted by molar-refractivity contribution is 0.0697. The fourth-order valence-corrected chi connectivity index (χ4v) is 6.92. The van der Waals surface area contributed by atoms with Gasteiger partial charge in [0.05, 0.1) is 4.90 Å². The number of nitrogen functional groups attached to an aromatic ring is 1. The lowest BCUT2D eigenvalue weighted by Gasteiger charge is -2.37. The molecule has 0 aromatic heterocycles. The first-order chi connectivity index (χ1) is 16.3. The smallest absolute Gasteiger partial charge is 0.253 e. The number of piperazine rings is 1. The van der Waals surface area contributed by atoms with Crippen LogP contribution in [0.3, 0.4) is 0 Å². The van der Waals surface area contributed by atoms with Gasteiger partial charge in [-0.2, -0.15) is 4.31 Å². The fraction of sp³-hybridized carbons (Fsp3) is 0.462.